The van der Waals surface area contributed by atoms with Gasteiger partial charge < -0.3 is 0 Å². The summed E-state index contributed by atoms with van der Waals surface area (Å²) in [5, 5.41) is 0. The van der Waals surface area contributed by atoms with Crippen molar-refractivity contribution in [2.45, 2.75) is 39.0 Å². The van der Waals surface area contributed by atoms with Gasteiger partial charge in [-0.15, -0.1) is 0 Å². The number of hydrogen-bond donors (Lipinski definition) is 0. The van der Waals surface area contributed by atoms with Crippen LogP contribution < -0.4 is 0 Å². The normalized spacial score (nSPS) is 52.2. The molecule has 0 heterocycles. The summed E-state index contributed by atoms with van der Waals surface area (Å²) in [5.74, 6) is 1.88. The monoisotopic (exact) mass is 205 g/mol. The van der Waals surface area contributed by atoms with Gasteiger partial charge in [0.15, 0.2) is 0 Å². The fraction of sp³-hybridized carbons (Fsp3) is 0.846. The van der Waals surface area contributed by atoms with Crippen LogP contribution in [-0.4, -0.2) is 12.1 Å². The highest BCUT2D eigenvalue weighted by Crippen LogP contribution is 2.61. The molecular weight excluding hydrogens is 188 g/mol. The predicted octanol–water partition coefficient (Wildman–Crippen LogP) is 2.13. The lowest BCUT2D eigenvalue weighted by Gasteiger charge is -2.57. The lowest BCUT2D eigenvalue weighted by molar-refractivity contribution is -0.152. The molecule has 4 aliphatic carbocycles. The van der Waals surface area contributed by atoms with Crippen LogP contribution in [0.2, 0.25) is 0 Å². The fourth-order valence-electron chi connectivity index (χ4n) is 4.53. The summed E-state index contributed by atoms with van der Waals surface area (Å²) in [4.78, 5) is 23.4. The van der Waals surface area contributed by atoms with Crippen LogP contribution in [0, 0.1) is 29.1 Å². The van der Waals surface area contributed by atoms with E-state index in [0.717, 1.165) is 31.6 Å². The van der Waals surface area contributed by atoms with Crippen LogP contribution in [0.4, 0.5) is 0 Å². The van der Waals surface area contributed by atoms with Gasteiger partial charge in [-0.1, -0.05) is 6.92 Å². The fourth-order valence-corrected chi connectivity index (χ4v) is 4.53. The summed E-state index contributed by atoms with van der Waals surface area (Å²) in [6.07, 6.45) is 7.28. The zero-order chi connectivity index (χ0) is 10.6. The Balaban J connectivity index is 2.05. The molecule has 4 bridgehead atoms. The summed E-state index contributed by atoms with van der Waals surface area (Å²) in [6.45, 7) is 2.04. The van der Waals surface area contributed by atoms with Crippen LogP contribution in [-0.2, 0) is 9.59 Å². The lowest BCUT2D eigenvalue weighted by Crippen LogP contribution is -2.58. The Morgan fingerprint density at radius 2 is 2.13 bits per heavy atom. The number of Topliss-reactive ketones (excluding diaryl/α,β-unsaturated/α-hetero) is 1. The molecule has 0 spiro atoms. The molecule has 15 heavy (non-hydrogen) atoms. The maximum Gasteiger partial charge on any atom is 0.206 e. The summed E-state index contributed by atoms with van der Waals surface area (Å²) in [6, 6.07) is 0. The zero-order valence-corrected chi connectivity index (χ0v) is 9.16. The van der Waals surface area contributed by atoms with Crippen LogP contribution in [0.1, 0.15) is 39.0 Å². The molecule has 2 heteroatoms. The molecule has 0 aromatic carbocycles. The minimum atomic E-state index is -0.398. The third kappa shape index (κ3) is 1.00. The van der Waals surface area contributed by atoms with E-state index in [4.69, 9.17) is 0 Å². The van der Waals surface area contributed by atoms with E-state index in [0.29, 0.717) is 17.6 Å². The van der Waals surface area contributed by atoms with Crippen LogP contribution >= 0.6 is 0 Å². The minimum Gasteiger partial charge on any atom is -0.299 e. The molecule has 4 saturated carbocycles. The molecule has 0 aromatic rings. The zero-order valence-electron chi connectivity index (χ0n) is 9.16. The van der Waals surface area contributed by atoms with Crippen LogP contribution in [0.25, 0.3) is 0 Å². The first kappa shape index (κ1) is 9.56. The maximum atomic E-state index is 12.1. The highest BCUT2D eigenvalue weighted by Gasteiger charge is 2.60. The SMILES string of the molecule is CCC1([C]=O)C2CC3CC(C2)C(=O)C1C3. The molecule has 2 nitrogen and oxygen atoms in total. The Morgan fingerprint density at radius 1 is 1.33 bits per heavy atom. The Bertz CT molecular complexity index is 322. The minimum absolute atomic E-state index is 0.0243. The van der Waals surface area contributed by atoms with Crippen molar-refractivity contribution >= 4 is 12.1 Å². The Morgan fingerprint density at radius 3 is 2.80 bits per heavy atom. The Kier molecular flexibility index (Phi) is 1.87. The molecule has 0 aliphatic heterocycles. The van der Waals surface area contributed by atoms with Gasteiger partial charge in [0.1, 0.15) is 5.78 Å². The van der Waals surface area contributed by atoms with Gasteiger partial charge in [0.05, 0.1) is 0 Å². The molecule has 81 valence electrons. The second-order valence-corrected chi connectivity index (χ2v) is 5.65. The predicted molar refractivity (Wildman–Crippen MR) is 55.9 cm³/mol. The third-order valence-electron chi connectivity index (χ3n) is 5.24. The van der Waals surface area contributed by atoms with Crippen molar-refractivity contribution in [2.24, 2.45) is 29.1 Å². The molecule has 4 fully saturated rings. The maximum absolute atomic E-state index is 12.1. The second-order valence-electron chi connectivity index (χ2n) is 5.65. The quantitative estimate of drug-likeness (QED) is 0.692. The molecule has 0 N–H and O–H groups in total. The smallest absolute Gasteiger partial charge is 0.206 e. The molecule has 0 aromatic heterocycles. The van der Waals surface area contributed by atoms with E-state index in [1.54, 1.807) is 0 Å². The van der Waals surface area contributed by atoms with Crippen molar-refractivity contribution < 1.29 is 9.59 Å². The number of rotatable bonds is 2. The first-order chi connectivity index (χ1) is 7.21. The van der Waals surface area contributed by atoms with Crippen molar-refractivity contribution in [3.8, 4) is 0 Å². The molecule has 0 saturated heterocycles. The molecule has 5 atom stereocenters. The van der Waals surface area contributed by atoms with Crippen LogP contribution in [0.5, 0.6) is 0 Å². The third-order valence-corrected chi connectivity index (χ3v) is 5.24. The molecular formula is C13H17O2. The number of hydrogen-bond acceptors (Lipinski definition) is 2. The molecule has 4 rings (SSSR count). The van der Waals surface area contributed by atoms with E-state index in [2.05, 4.69) is 6.29 Å². The van der Waals surface area contributed by atoms with E-state index in [1.807, 2.05) is 6.92 Å². The van der Waals surface area contributed by atoms with Gasteiger partial charge in [-0.05, 0) is 43.9 Å². The van der Waals surface area contributed by atoms with E-state index in [9.17, 15) is 9.59 Å². The number of carbonyl (C=O) groups excluding carboxylic acids is 2. The summed E-state index contributed by atoms with van der Waals surface area (Å²) < 4.78 is 0. The van der Waals surface area contributed by atoms with Crippen LogP contribution in [0.3, 0.4) is 0 Å². The lowest BCUT2D eigenvalue weighted by atomic mass is 9.44. The van der Waals surface area contributed by atoms with Crippen molar-refractivity contribution in [1.82, 2.24) is 0 Å². The van der Waals surface area contributed by atoms with Crippen molar-refractivity contribution in [1.29, 1.82) is 0 Å². The average Bonchev–Trinajstić information content (AvgIpc) is 2.26. The van der Waals surface area contributed by atoms with E-state index < -0.39 is 5.41 Å². The summed E-state index contributed by atoms with van der Waals surface area (Å²) >= 11 is 0. The molecule has 5 unspecified atom stereocenters. The Hall–Kier alpha value is -0.660. The van der Waals surface area contributed by atoms with Gasteiger partial charge in [0.2, 0.25) is 6.29 Å². The number of carbonyl (C=O) groups is 1. The van der Waals surface area contributed by atoms with Gasteiger partial charge in [-0.3, -0.25) is 9.59 Å². The Labute approximate surface area is 90.4 Å². The average molecular weight is 205 g/mol. The number of ketones is 1. The van der Waals surface area contributed by atoms with Gasteiger partial charge in [0, 0.05) is 17.3 Å². The van der Waals surface area contributed by atoms with Gasteiger partial charge in [-0.25, -0.2) is 0 Å². The first-order valence-corrected chi connectivity index (χ1v) is 6.14. The highest BCUT2D eigenvalue weighted by molar-refractivity contribution is 5.90. The van der Waals surface area contributed by atoms with Crippen molar-refractivity contribution in [2.75, 3.05) is 0 Å². The molecule has 1 radical (unpaired) electrons. The van der Waals surface area contributed by atoms with Gasteiger partial charge >= 0.3 is 0 Å². The van der Waals surface area contributed by atoms with Gasteiger partial charge in [-0.2, -0.15) is 0 Å². The summed E-state index contributed by atoms with van der Waals surface area (Å²) in [5.41, 5.74) is -0.398. The van der Waals surface area contributed by atoms with Crippen LogP contribution in [0.15, 0.2) is 0 Å². The standard InChI is InChI=1S/C13H17O2/c1-2-13(7-14)10-4-8-3-9(6-10)12(15)11(13)5-8/h8-11H,2-6H2,1H3. The van der Waals surface area contributed by atoms with Crippen molar-refractivity contribution in [3.05, 3.63) is 0 Å². The van der Waals surface area contributed by atoms with Gasteiger partial charge in [0.25, 0.3) is 0 Å². The first-order valence-electron chi connectivity index (χ1n) is 6.14. The summed E-state index contributed by atoms with van der Waals surface area (Å²) in [7, 11) is 0. The molecule has 0 amide bonds. The topological polar surface area (TPSA) is 34.1 Å². The van der Waals surface area contributed by atoms with E-state index >= 15 is 0 Å². The molecule has 4 aliphatic rings. The van der Waals surface area contributed by atoms with Crippen molar-refractivity contribution in [3.63, 3.8) is 0 Å². The largest absolute Gasteiger partial charge is 0.299 e. The van der Waals surface area contributed by atoms with E-state index in [-0.39, 0.29) is 5.92 Å². The van der Waals surface area contributed by atoms with E-state index in [1.165, 1.54) is 6.42 Å². The second kappa shape index (κ2) is 2.93. The highest BCUT2D eigenvalue weighted by atomic mass is 16.1.